The number of nitrogens with zero attached hydrogens (tertiary/aromatic N) is 1. The van der Waals surface area contributed by atoms with Gasteiger partial charge in [-0.05, 0) is 38.2 Å². The van der Waals surface area contributed by atoms with Gasteiger partial charge < -0.3 is 14.2 Å². The van der Waals surface area contributed by atoms with E-state index in [4.69, 9.17) is 14.2 Å². The van der Waals surface area contributed by atoms with Crippen molar-refractivity contribution in [1.29, 1.82) is 0 Å². The summed E-state index contributed by atoms with van der Waals surface area (Å²) in [5.41, 5.74) is -1.61. The molecule has 0 spiro atoms. The summed E-state index contributed by atoms with van der Waals surface area (Å²) in [6, 6.07) is 9.35. The number of hydrogen-bond donors (Lipinski definition) is 0. The van der Waals surface area contributed by atoms with Gasteiger partial charge in [-0.2, -0.15) is 0 Å². The molecule has 1 aromatic rings. The number of benzene rings is 1. The number of esters is 2. The van der Waals surface area contributed by atoms with E-state index in [1.807, 2.05) is 51.1 Å². The van der Waals surface area contributed by atoms with Gasteiger partial charge in [0.05, 0.1) is 5.41 Å². The van der Waals surface area contributed by atoms with Crippen LogP contribution in [0.4, 0.5) is 4.79 Å². The quantitative estimate of drug-likeness (QED) is 0.557. The summed E-state index contributed by atoms with van der Waals surface area (Å²) in [6.07, 6.45) is 1.18. The smallest absolute Gasteiger partial charge is 0.410 e. The number of carbonyl (C=O) groups excluding carboxylic acids is 3. The lowest BCUT2D eigenvalue weighted by Gasteiger charge is -2.36. The van der Waals surface area contributed by atoms with Gasteiger partial charge in [-0.1, -0.05) is 44.2 Å². The van der Waals surface area contributed by atoms with E-state index in [2.05, 4.69) is 0 Å². The Hall–Kier alpha value is -2.57. The van der Waals surface area contributed by atoms with E-state index in [1.54, 1.807) is 4.90 Å². The molecular formula is C23H27NO6. The van der Waals surface area contributed by atoms with Crippen LogP contribution in [0.25, 0.3) is 0 Å². The molecule has 0 unspecified atom stereocenters. The van der Waals surface area contributed by atoms with Crippen LogP contribution in [0.15, 0.2) is 30.3 Å². The highest BCUT2D eigenvalue weighted by Crippen LogP contribution is 2.66. The summed E-state index contributed by atoms with van der Waals surface area (Å²) >= 11 is 0. The van der Waals surface area contributed by atoms with Crippen molar-refractivity contribution in [2.75, 3.05) is 0 Å². The molecule has 2 aliphatic carbocycles. The normalized spacial score (nSPS) is 38.4. The van der Waals surface area contributed by atoms with Gasteiger partial charge in [-0.3, -0.25) is 9.69 Å². The second-order valence-electron chi connectivity index (χ2n) is 9.72. The summed E-state index contributed by atoms with van der Waals surface area (Å²) < 4.78 is 17.2. The van der Waals surface area contributed by atoms with Crippen LogP contribution in [0.1, 0.15) is 52.0 Å². The van der Waals surface area contributed by atoms with Gasteiger partial charge in [0, 0.05) is 12.0 Å². The van der Waals surface area contributed by atoms with Crippen molar-refractivity contribution in [3.8, 4) is 0 Å². The highest BCUT2D eigenvalue weighted by atomic mass is 16.6. The SMILES string of the molecule is CC1(C)[C@@]2(C)CC[C@]1(C(=O)O[C@@H]1CC[C@H]3OC(=O)N(Cc4ccccc4)[C@H]31)OC2=O. The first-order valence-electron chi connectivity index (χ1n) is 10.7. The maximum Gasteiger partial charge on any atom is 0.410 e. The van der Waals surface area contributed by atoms with E-state index in [-0.39, 0.29) is 24.2 Å². The second kappa shape index (κ2) is 6.22. The molecule has 2 aliphatic heterocycles. The molecule has 160 valence electrons. The van der Waals surface area contributed by atoms with Gasteiger partial charge in [-0.25, -0.2) is 9.59 Å². The summed E-state index contributed by atoms with van der Waals surface area (Å²) in [6.45, 7) is 6.09. The van der Waals surface area contributed by atoms with Gasteiger partial charge >= 0.3 is 18.0 Å². The van der Waals surface area contributed by atoms with Gasteiger partial charge in [0.2, 0.25) is 5.60 Å². The van der Waals surface area contributed by atoms with E-state index in [9.17, 15) is 14.4 Å². The monoisotopic (exact) mass is 413 g/mol. The lowest BCUT2D eigenvalue weighted by Crippen LogP contribution is -2.52. The predicted molar refractivity (Wildman–Crippen MR) is 105 cm³/mol. The molecule has 7 heteroatoms. The van der Waals surface area contributed by atoms with Gasteiger partial charge in [-0.15, -0.1) is 0 Å². The molecular weight excluding hydrogens is 386 g/mol. The first-order chi connectivity index (χ1) is 14.2. The van der Waals surface area contributed by atoms with Crippen LogP contribution in [0.2, 0.25) is 0 Å². The molecule has 7 nitrogen and oxygen atoms in total. The van der Waals surface area contributed by atoms with Gasteiger partial charge in [0.1, 0.15) is 18.2 Å². The third kappa shape index (κ3) is 2.35. The number of ether oxygens (including phenoxy) is 3. The summed E-state index contributed by atoms with van der Waals surface area (Å²) in [4.78, 5) is 40.0. The van der Waals surface area contributed by atoms with E-state index in [0.717, 1.165) is 5.56 Å². The van der Waals surface area contributed by atoms with Crippen LogP contribution in [-0.4, -0.2) is 46.8 Å². The zero-order valence-electron chi connectivity index (χ0n) is 17.6. The molecule has 0 radical (unpaired) electrons. The topological polar surface area (TPSA) is 82.1 Å². The second-order valence-corrected chi connectivity index (χ2v) is 9.72. The van der Waals surface area contributed by atoms with Crippen LogP contribution >= 0.6 is 0 Å². The first kappa shape index (κ1) is 19.4. The zero-order valence-corrected chi connectivity index (χ0v) is 17.6. The molecule has 1 amide bonds. The fourth-order valence-corrected chi connectivity index (χ4v) is 5.77. The van der Waals surface area contributed by atoms with Crippen molar-refractivity contribution in [3.63, 3.8) is 0 Å². The minimum Gasteiger partial charge on any atom is -0.457 e. The van der Waals surface area contributed by atoms with Crippen molar-refractivity contribution < 1.29 is 28.6 Å². The molecule has 0 N–H and O–H groups in total. The number of fused-ring (bicyclic) bond motifs is 3. The van der Waals surface area contributed by atoms with Crippen LogP contribution in [0.3, 0.4) is 0 Å². The third-order valence-electron chi connectivity index (χ3n) is 8.21. The van der Waals surface area contributed by atoms with E-state index in [0.29, 0.717) is 32.2 Å². The lowest BCUT2D eigenvalue weighted by atomic mass is 9.66. The summed E-state index contributed by atoms with van der Waals surface area (Å²) in [5, 5.41) is 0. The maximum absolute atomic E-state index is 13.4. The molecule has 30 heavy (non-hydrogen) atoms. The highest BCUT2D eigenvalue weighted by Gasteiger charge is 2.76. The lowest BCUT2D eigenvalue weighted by molar-refractivity contribution is -0.188. The third-order valence-corrected chi connectivity index (χ3v) is 8.21. The first-order valence-corrected chi connectivity index (χ1v) is 10.7. The van der Waals surface area contributed by atoms with Gasteiger partial charge in [0.15, 0.2) is 0 Å². The maximum atomic E-state index is 13.4. The molecule has 2 saturated heterocycles. The Morgan fingerprint density at radius 1 is 1.13 bits per heavy atom. The van der Waals surface area contributed by atoms with Crippen molar-refractivity contribution in [1.82, 2.24) is 4.90 Å². The molecule has 0 aromatic heterocycles. The number of amides is 1. The fourth-order valence-electron chi connectivity index (χ4n) is 5.77. The van der Waals surface area contributed by atoms with Crippen molar-refractivity contribution >= 4 is 18.0 Å². The average Bonchev–Trinajstić information content (AvgIpc) is 3.33. The zero-order chi connectivity index (χ0) is 21.3. The minimum absolute atomic E-state index is 0.288. The van der Waals surface area contributed by atoms with Gasteiger partial charge in [0.25, 0.3) is 0 Å². The highest BCUT2D eigenvalue weighted by molar-refractivity contribution is 5.93. The molecule has 4 fully saturated rings. The molecule has 2 heterocycles. The number of rotatable bonds is 4. The predicted octanol–water partition coefficient (Wildman–Crippen LogP) is 3.20. The van der Waals surface area contributed by atoms with Crippen LogP contribution in [0, 0.1) is 10.8 Å². The van der Waals surface area contributed by atoms with Crippen molar-refractivity contribution in [2.45, 2.75) is 76.9 Å². The Bertz CT molecular complexity index is 914. The Morgan fingerprint density at radius 2 is 1.87 bits per heavy atom. The van der Waals surface area contributed by atoms with E-state index < -0.39 is 28.5 Å². The standard InChI is InChI=1S/C23H27NO6/c1-21(2)22(3)11-12-23(21,30-18(22)25)19(26)28-15-9-10-16-17(15)24(20(27)29-16)13-14-7-5-4-6-8-14/h4-8,15-17H,9-13H2,1-3H3/t15-,16-,17+,22+,23-/m1/s1. The number of carbonyl (C=O) groups is 3. The molecule has 1 aromatic carbocycles. The largest absolute Gasteiger partial charge is 0.457 e. The molecule has 2 bridgehead atoms. The van der Waals surface area contributed by atoms with Crippen LogP contribution < -0.4 is 0 Å². The molecule has 5 rings (SSSR count). The Labute approximate surface area is 175 Å². The van der Waals surface area contributed by atoms with E-state index in [1.165, 1.54) is 0 Å². The fraction of sp³-hybridized carbons (Fsp3) is 0.609. The van der Waals surface area contributed by atoms with Crippen molar-refractivity contribution in [2.24, 2.45) is 10.8 Å². The minimum atomic E-state index is -1.26. The summed E-state index contributed by atoms with van der Waals surface area (Å²) in [5.74, 6) is -0.822. The van der Waals surface area contributed by atoms with Crippen LogP contribution in [0.5, 0.6) is 0 Å². The van der Waals surface area contributed by atoms with E-state index >= 15 is 0 Å². The molecule has 2 saturated carbocycles. The van der Waals surface area contributed by atoms with Crippen LogP contribution in [-0.2, 0) is 30.3 Å². The Kier molecular flexibility index (Phi) is 4.02. The molecule has 5 atom stereocenters. The molecule has 4 aliphatic rings. The average molecular weight is 413 g/mol. The number of hydrogen-bond acceptors (Lipinski definition) is 6. The summed E-state index contributed by atoms with van der Waals surface area (Å²) in [7, 11) is 0. The van der Waals surface area contributed by atoms with Crippen molar-refractivity contribution in [3.05, 3.63) is 35.9 Å². The Balaban J connectivity index is 1.37. The Morgan fingerprint density at radius 3 is 2.50 bits per heavy atom.